The predicted octanol–water partition coefficient (Wildman–Crippen LogP) is 1.73. The number of aryl methyl sites for hydroxylation is 1. The van der Waals surface area contributed by atoms with Gasteiger partial charge in [0.1, 0.15) is 6.04 Å². The van der Waals surface area contributed by atoms with Crippen molar-refractivity contribution in [1.82, 2.24) is 0 Å². The molecule has 70 valence electrons. The van der Waals surface area contributed by atoms with Gasteiger partial charge in [0.2, 0.25) is 0 Å². The minimum Gasteiger partial charge on any atom is -0.480 e. The second kappa shape index (κ2) is 3.77. The molecule has 3 N–H and O–H groups in total. The van der Waals surface area contributed by atoms with Crippen LogP contribution in [0.25, 0.3) is 0 Å². The molecule has 1 rings (SSSR count). The van der Waals surface area contributed by atoms with Crippen LogP contribution in [0.3, 0.4) is 0 Å². The number of hydrogen-bond donors (Lipinski definition) is 2. The van der Waals surface area contributed by atoms with Crippen LogP contribution in [0.4, 0.5) is 0 Å². The molecule has 0 amide bonds. The number of carboxylic acids is 1. The van der Waals surface area contributed by atoms with Gasteiger partial charge in [0.15, 0.2) is 0 Å². The zero-order chi connectivity index (χ0) is 10.0. The van der Waals surface area contributed by atoms with E-state index in [1.807, 2.05) is 0 Å². The van der Waals surface area contributed by atoms with Gasteiger partial charge in [-0.05, 0) is 18.1 Å². The van der Waals surface area contributed by atoms with Gasteiger partial charge in [-0.3, -0.25) is 4.79 Å². The van der Waals surface area contributed by atoms with Gasteiger partial charge in [0, 0.05) is 5.02 Å². The quantitative estimate of drug-likeness (QED) is 0.763. The molecule has 1 unspecified atom stereocenters. The number of carbonyl (C=O) groups is 1. The van der Waals surface area contributed by atoms with E-state index in [2.05, 4.69) is 0 Å². The van der Waals surface area contributed by atoms with Crippen LogP contribution in [0.2, 0.25) is 5.02 Å². The summed E-state index contributed by atoms with van der Waals surface area (Å²) in [7, 11) is 0. The molecule has 0 radical (unpaired) electrons. The zero-order valence-electron chi connectivity index (χ0n) is 7.12. The van der Waals surface area contributed by atoms with Gasteiger partial charge < -0.3 is 10.8 Å². The summed E-state index contributed by atoms with van der Waals surface area (Å²) in [4.78, 5) is 10.6. The van der Waals surface area contributed by atoms with E-state index in [-0.39, 0.29) is 0 Å². The smallest absolute Gasteiger partial charge is 0.325 e. The van der Waals surface area contributed by atoms with Gasteiger partial charge in [-0.2, -0.15) is 0 Å². The lowest BCUT2D eigenvalue weighted by molar-refractivity contribution is -0.138. The molecule has 0 spiro atoms. The Morgan fingerprint density at radius 2 is 2.23 bits per heavy atom. The third-order valence-electron chi connectivity index (χ3n) is 1.82. The first-order chi connectivity index (χ1) is 6.04. The second-order valence-corrected chi connectivity index (χ2v) is 3.17. The number of carboxylic acid groups (broad SMARTS) is 1. The number of hydrogen-bond acceptors (Lipinski definition) is 2. The molecule has 0 aliphatic heterocycles. The molecule has 1 aromatic carbocycles. The van der Waals surface area contributed by atoms with Crippen LogP contribution in [0.5, 0.6) is 0 Å². The van der Waals surface area contributed by atoms with Gasteiger partial charge in [-0.1, -0.05) is 29.8 Å². The van der Waals surface area contributed by atoms with Crippen molar-refractivity contribution in [1.29, 1.82) is 0 Å². The van der Waals surface area contributed by atoms with E-state index < -0.39 is 12.0 Å². The number of rotatable bonds is 2. The Kier molecular flexibility index (Phi) is 2.90. The first-order valence-electron chi connectivity index (χ1n) is 3.77. The van der Waals surface area contributed by atoms with E-state index in [1.165, 1.54) is 0 Å². The molecule has 4 heteroatoms. The van der Waals surface area contributed by atoms with E-state index in [9.17, 15) is 4.79 Å². The molecule has 0 aliphatic rings. The van der Waals surface area contributed by atoms with Crippen LogP contribution in [0.15, 0.2) is 18.2 Å². The largest absolute Gasteiger partial charge is 0.480 e. The highest BCUT2D eigenvalue weighted by atomic mass is 35.5. The first kappa shape index (κ1) is 10.0. The topological polar surface area (TPSA) is 63.3 Å². The summed E-state index contributed by atoms with van der Waals surface area (Å²) in [5.41, 5.74) is 6.71. The van der Waals surface area contributed by atoms with Crippen LogP contribution in [0, 0.1) is 6.92 Å². The Bertz CT molecular complexity index is 338. The Labute approximate surface area is 81.1 Å². The van der Waals surface area contributed by atoms with Crippen LogP contribution >= 0.6 is 11.6 Å². The van der Waals surface area contributed by atoms with E-state index in [1.54, 1.807) is 25.1 Å². The fourth-order valence-electron chi connectivity index (χ4n) is 1.04. The molecular weight excluding hydrogens is 190 g/mol. The Morgan fingerprint density at radius 1 is 1.62 bits per heavy atom. The molecule has 1 atom stereocenters. The van der Waals surface area contributed by atoms with Crippen LogP contribution in [-0.4, -0.2) is 11.1 Å². The molecule has 0 aromatic heterocycles. The van der Waals surface area contributed by atoms with Crippen molar-refractivity contribution in [2.45, 2.75) is 13.0 Å². The average Bonchev–Trinajstić information content (AvgIpc) is 2.08. The van der Waals surface area contributed by atoms with Crippen molar-refractivity contribution < 1.29 is 9.90 Å². The summed E-state index contributed by atoms with van der Waals surface area (Å²) < 4.78 is 0. The molecule has 0 aliphatic carbocycles. The van der Waals surface area contributed by atoms with Gasteiger partial charge >= 0.3 is 5.97 Å². The van der Waals surface area contributed by atoms with Crippen LogP contribution < -0.4 is 5.73 Å². The molecule has 1 aromatic rings. The fourth-order valence-corrected chi connectivity index (χ4v) is 1.29. The molecule has 3 nitrogen and oxygen atoms in total. The summed E-state index contributed by atoms with van der Waals surface area (Å²) in [6, 6.07) is 4.11. The number of aliphatic carboxylic acids is 1. The van der Waals surface area contributed by atoms with Crippen LogP contribution in [-0.2, 0) is 4.79 Å². The normalized spacial score (nSPS) is 12.5. The number of halogens is 1. The highest BCUT2D eigenvalue weighted by Gasteiger charge is 2.17. The third kappa shape index (κ3) is 1.99. The van der Waals surface area contributed by atoms with Crippen molar-refractivity contribution in [3.05, 3.63) is 34.3 Å². The Balaban J connectivity index is 3.15. The predicted molar refractivity (Wildman–Crippen MR) is 50.8 cm³/mol. The van der Waals surface area contributed by atoms with Crippen molar-refractivity contribution >= 4 is 17.6 Å². The van der Waals surface area contributed by atoms with Gasteiger partial charge in [0.25, 0.3) is 0 Å². The Hall–Kier alpha value is -1.06. The fraction of sp³-hybridized carbons (Fsp3) is 0.222. The maximum atomic E-state index is 10.6. The number of nitrogens with two attached hydrogens (primary N) is 1. The van der Waals surface area contributed by atoms with E-state index in [0.29, 0.717) is 10.6 Å². The lowest BCUT2D eigenvalue weighted by atomic mass is 10.1. The third-order valence-corrected chi connectivity index (χ3v) is 2.34. The SMILES string of the molecule is Cc1cccc(C(N)C(=O)O)c1Cl. The van der Waals surface area contributed by atoms with Crippen molar-refractivity contribution in [2.75, 3.05) is 0 Å². The lowest BCUT2D eigenvalue weighted by Crippen LogP contribution is -2.21. The summed E-state index contributed by atoms with van der Waals surface area (Å²) in [5.74, 6) is -1.08. The Morgan fingerprint density at radius 3 is 2.77 bits per heavy atom. The minimum atomic E-state index is -1.08. The molecule has 13 heavy (non-hydrogen) atoms. The standard InChI is InChI=1S/C9H10ClNO2/c1-5-3-2-4-6(7(5)10)8(11)9(12)13/h2-4,8H,11H2,1H3,(H,12,13). The van der Waals surface area contributed by atoms with E-state index >= 15 is 0 Å². The van der Waals surface area contributed by atoms with Gasteiger partial charge in [-0.15, -0.1) is 0 Å². The van der Waals surface area contributed by atoms with E-state index in [4.69, 9.17) is 22.4 Å². The molecule has 0 saturated heterocycles. The first-order valence-corrected chi connectivity index (χ1v) is 4.15. The molecule has 0 heterocycles. The van der Waals surface area contributed by atoms with Crippen LogP contribution in [0.1, 0.15) is 17.2 Å². The minimum absolute atomic E-state index is 0.428. The summed E-state index contributed by atoms with van der Waals surface area (Å²) in [6.45, 7) is 1.81. The van der Waals surface area contributed by atoms with Gasteiger partial charge in [0.05, 0.1) is 0 Å². The summed E-state index contributed by atoms with van der Waals surface area (Å²) in [5, 5.41) is 9.10. The average molecular weight is 200 g/mol. The molecular formula is C9H10ClNO2. The second-order valence-electron chi connectivity index (χ2n) is 2.79. The van der Waals surface area contributed by atoms with Crippen molar-refractivity contribution in [2.24, 2.45) is 5.73 Å². The van der Waals surface area contributed by atoms with Crippen molar-refractivity contribution in [3.63, 3.8) is 0 Å². The highest BCUT2D eigenvalue weighted by Crippen LogP contribution is 2.24. The van der Waals surface area contributed by atoms with Crippen molar-refractivity contribution in [3.8, 4) is 0 Å². The summed E-state index contributed by atoms with van der Waals surface area (Å²) >= 11 is 5.89. The number of benzene rings is 1. The molecule has 0 saturated carbocycles. The van der Waals surface area contributed by atoms with Gasteiger partial charge in [-0.25, -0.2) is 0 Å². The molecule has 0 bridgehead atoms. The summed E-state index contributed by atoms with van der Waals surface area (Å²) in [6.07, 6.45) is 0. The highest BCUT2D eigenvalue weighted by molar-refractivity contribution is 6.32. The monoisotopic (exact) mass is 199 g/mol. The molecule has 0 fully saturated rings. The maximum absolute atomic E-state index is 10.6. The lowest BCUT2D eigenvalue weighted by Gasteiger charge is -2.10. The zero-order valence-corrected chi connectivity index (χ0v) is 7.88. The van der Waals surface area contributed by atoms with E-state index in [0.717, 1.165) is 5.56 Å². The maximum Gasteiger partial charge on any atom is 0.325 e.